The molecule has 4 rings (SSSR count). The summed E-state index contributed by atoms with van der Waals surface area (Å²) in [7, 11) is 0. The van der Waals surface area contributed by atoms with Crippen molar-refractivity contribution in [3.8, 4) is 11.1 Å². The van der Waals surface area contributed by atoms with Crippen molar-refractivity contribution in [3.63, 3.8) is 0 Å². The number of carbonyl (C=O) groups is 3. The molecule has 0 bridgehead atoms. The fourth-order valence-corrected chi connectivity index (χ4v) is 4.19. The summed E-state index contributed by atoms with van der Waals surface area (Å²) in [5.74, 6) is -2.13. The molecule has 1 aliphatic rings. The molecule has 37 heavy (non-hydrogen) atoms. The van der Waals surface area contributed by atoms with Crippen LogP contribution >= 0.6 is 0 Å². The van der Waals surface area contributed by atoms with Crippen molar-refractivity contribution in [1.29, 1.82) is 5.41 Å². The minimum atomic E-state index is -1.22. The number of nitrogen functional groups attached to an aromatic ring is 1. The number of carbonyl (C=O) groups excluding carboxylic acids is 2. The largest absolute Gasteiger partial charge is 0.478 e. The van der Waals surface area contributed by atoms with Crippen molar-refractivity contribution >= 4 is 29.3 Å². The van der Waals surface area contributed by atoms with Crippen LogP contribution in [0.15, 0.2) is 66.7 Å². The lowest BCUT2D eigenvalue weighted by Crippen LogP contribution is -2.44. The Kier molecular flexibility index (Phi) is 7.08. The van der Waals surface area contributed by atoms with Crippen molar-refractivity contribution in [1.82, 2.24) is 5.32 Å². The van der Waals surface area contributed by atoms with Crippen LogP contribution in [0.5, 0.6) is 0 Å². The van der Waals surface area contributed by atoms with E-state index in [-0.39, 0.29) is 34.0 Å². The molecule has 1 aliphatic heterocycles. The number of amides is 2. The summed E-state index contributed by atoms with van der Waals surface area (Å²) in [6.07, 6.45) is 0. The Morgan fingerprint density at radius 2 is 1.59 bits per heavy atom. The third-order valence-electron chi connectivity index (χ3n) is 6.44. The second-order valence-corrected chi connectivity index (χ2v) is 9.59. The predicted octanol–water partition coefficient (Wildman–Crippen LogP) is 3.74. The highest BCUT2D eigenvalue weighted by Gasteiger charge is 2.37. The van der Waals surface area contributed by atoms with Gasteiger partial charge in [0.1, 0.15) is 5.84 Å². The molecule has 3 aromatic carbocycles. The SMILES string of the molecule is CC1(C)COC[C@H]1NC(=O)c1ccc(-c2ccccc2C(=O)Nc2ccc(C(=N)N)cc2)c(C(=O)O)c1. The molecule has 1 fully saturated rings. The molecule has 0 unspecified atom stereocenters. The van der Waals surface area contributed by atoms with Gasteiger partial charge in [-0.05, 0) is 53.6 Å². The van der Waals surface area contributed by atoms with Gasteiger partial charge in [0.05, 0.1) is 24.8 Å². The Morgan fingerprint density at radius 3 is 2.22 bits per heavy atom. The van der Waals surface area contributed by atoms with E-state index in [0.717, 1.165) is 0 Å². The topological polar surface area (TPSA) is 155 Å². The van der Waals surface area contributed by atoms with E-state index in [9.17, 15) is 19.5 Å². The number of hydrogen-bond donors (Lipinski definition) is 5. The van der Waals surface area contributed by atoms with Crippen molar-refractivity contribution < 1.29 is 24.2 Å². The molecule has 1 atom stereocenters. The molecule has 0 radical (unpaired) electrons. The van der Waals surface area contributed by atoms with E-state index >= 15 is 0 Å². The maximum atomic E-state index is 13.1. The Balaban J connectivity index is 1.63. The Morgan fingerprint density at radius 1 is 0.946 bits per heavy atom. The molecule has 190 valence electrons. The zero-order chi connectivity index (χ0) is 26.7. The van der Waals surface area contributed by atoms with Crippen molar-refractivity contribution in [2.24, 2.45) is 11.1 Å². The summed E-state index contributed by atoms with van der Waals surface area (Å²) in [6.45, 7) is 4.91. The summed E-state index contributed by atoms with van der Waals surface area (Å²) in [4.78, 5) is 38.2. The van der Waals surface area contributed by atoms with Crippen LogP contribution in [0, 0.1) is 10.8 Å². The number of amidine groups is 1. The van der Waals surface area contributed by atoms with Gasteiger partial charge in [0.2, 0.25) is 0 Å². The van der Waals surface area contributed by atoms with Crippen molar-refractivity contribution in [2.45, 2.75) is 19.9 Å². The molecule has 3 aromatic rings. The summed E-state index contributed by atoms with van der Waals surface area (Å²) >= 11 is 0. The monoisotopic (exact) mass is 500 g/mol. The molecule has 0 aromatic heterocycles. The number of benzene rings is 3. The van der Waals surface area contributed by atoms with E-state index in [1.54, 1.807) is 60.7 Å². The average Bonchev–Trinajstić information content (AvgIpc) is 3.21. The second-order valence-electron chi connectivity index (χ2n) is 9.59. The summed E-state index contributed by atoms with van der Waals surface area (Å²) in [6, 6.07) is 17.4. The molecule has 9 heteroatoms. The minimum absolute atomic E-state index is 0.0816. The van der Waals surface area contributed by atoms with Gasteiger partial charge in [0, 0.05) is 27.8 Å². The molecule has 0 spiro atoms. The summed E-state index contributed by atoms with van der Waals surface area (Å²) < 4.78 is 5.48. The number of ether oxygens (including phenoxy) is 1. The number of aromatic carboxylic acids is 1. The summed E-state index contributed by atoms with van der Waals surface area (Å²) in [5, 5.41) is 23.2. The van der Waals surface area contributed by atoms with E-state index in [2.05, 4.69) is 10.6 Å². The van der Waals surface area contributed by atoms with Gasteiger partial charge in [0.25, 0.3) is 11.8 Å². The van der Waals surface area contributed by atoms with Crippen molar-refractivity contribution in [2.75, 3.05) is 18.5 Å². The molecule has 2 amide bonds. The highest BCUT2D eigenvalue weighted by Crippen LogP contribution is 2.30. The van der Waals surface area contributed by atoms with Gasteiger partial charge in [-0.1, -0.05) is 38.1 Å². The average molecular weight is 501 g/mol. The van der Waals surface area contributed by atoms with Gasteiger partial charge >= 0.3 is 5.97 Å². The van der Waals surface area contributed by atoms with Crippen LogP contribution in [0.4, 0.5) is 5.69 Å². The van der Waals surface area contributed by atoms with E-state index < -0.39 is 17.8 Å². The van der Waals surface area contributed by atoms with Crippen LogP contribution < -0.4 is 16.4 Å². The zero-order valence-corrected chi connectivity index (χ0v) is 20.5. The second kappa shape index (κ2) is 10.2. The first-order valence-corrected chi connectivity index (χ1v) is 11.7. The number of rotatable bonds is 7. The zero-order valence-electron chi connectivity index (χ0n) is 20.5. The molecule has 0 aliphatic carbocycles. The van der Waals surface area contributed by atoms with Crippen LogP contribution in [0.2, 0.25) is 0 Å². The molecule has 0 saturated carbocycles. The van der Waals surface area contributed by atoms with E-state index in [1.807, 2.05) is 13.8 Å². The van der Waals surface area contributed by atoms with Gasteiger partial charge in [-0.2, -0.15) is 0 Å². The molecule has 6 N–H and O–H groups in total. The summed E-state index contributed by atoms with van der Waals surface area (Å²) in [5.41, 5.74) is 7.36. The van der Waals surface area contributed by atoms with Crippen LogP contribution in [0.1, 0.15) is 50.5 Å². The number of carboxylic acid groups (broad SMARTS) is 1. The highest BCUT2D eigenvalue weighted by molar-refractivity contribution is 6.11. The fourth-order valence-electron chi connectivity index (χ4n) is 4.19. The molecule has 1 saturated heterocycles. The smallest absolute Gasteiger partial charge is 0.336 e. The predicted molar refractivity (Wildman–Crippen MR) is 140 cm³/mol. The number of carboxylic acids is 1. The van der Waals surface area contributed by atoms with Crippen LogP contribution in [0.25, 0.3) is 11.1 Å². The Labute approximate surface area is 214 Å². The molecule has 9 nitrogen and oxygen atoms in total. The van der Waals surface area contributed by atoms with Crippen LogP contribution in [-0.2, 0) is 4.74 Å². The quantitative estimate of drug-likeness (QED) is 0.246. The number of nitrogens with one attached hydrogen (secondary N) is 3. The molecular formula is C28H28N4O5. The lowest BCUT2D eigenvalue weighted by molar-refractivity contribution is 0.0697. The van der Waals surface area contributed by atoms with Crippen LogP contribution in [0.3, 0.4) is 0 Å². The van der Waals surface area contributed by atoms with Crippen molar-refractivity contribution in [3.05, 3.63) is 89.0 Å². The molecule has 1 heterocycles. The van der Waals surface area contributed by atoms with Gasteiger partial charge in [0.15, 0.2) is 0 Å². The first-order chi connectivity index (χ1) is 17.6. The van der Waals surface area contributed by atoms with Gasteiger partial charge < -0.3 is 26.2 Å². The van der Waals surface area contributed by atoms with E-state index in [1.165, 1.54) is 6.07 Å². The van der Waals surface area contributed by atoms with Gasteiger partial charge in [-0.3, -0.25) is 15.0 Å². The maximum Gasteiger partial charge on any atom is 0.336 e. The lowest BCUT2D eigenvalue weighted by atomic mass is 9.87. The third kappa shape index (κ3) is 5.52. The number of hydrogen-bond acceptors (Lipinski definition) is 5. The lowest BCUT2D eigenvalue weighted by Gasteiger charge is -2.25. The number of nitrogens with two attached hydrogens (primary N) is 1. The standard InChI is InChI=1S/C28H28N4O5/c1-28(2)15-37-14-23(28)32-25(33)17-9-12-20(22(13-17)27(35)36)19-5-3-4-6-21(19)26(34)31-18-10-7-16(8-11-18)24(29)30/h3-13,23H,14-15H2,1-2H3,(H3,29,30)(H,31,34)(H,32,33)(H,35,36)/t23-/m1/s1. The first kappa shape index (κ1) is 25.6. The normalized spacial score (nSPS) is 16.1. The highest BCUT2D eigenvalue weighted by atomic mass is 16.5. The number of anilines is 1. The maximum absolute atomic E-state index is 13.1. The minimum Gasteiger partial charge on any atom is -0.478 e. The molecular weight excluding hydrogens is 472 g/mol. The van der Waals surface area contributed by atoms with E-state index in [0.29, 0.717) is 35.6 Å². The van der Waals surface area contributed by atoms with Gasteiger partial charge in [-0.15, -0.1) is 0 Å². The van der Waals surface area contributed by atoms with Gasteiger partial charge in [-0.25, -0.2) is 4.79 Å². The Bertz CT molecular complexity index is 1380. The fraction of sp³-hybridized carbons (Fsp3) is 0.214. The first-order valence-electron chi connectivity index (χ1n) is 11.7. The third-order valence-corrected chi connectivity index (χ3v) is 6.44. The van der Waals surface area contributed by atoms with E-state index in [4.69, 9.17) is 15.9 Å². The van der Waals surface area contributed by atoms with Crippen LogP contribution in [-0.4, -0.2) is 48.0 Å². The Hall–Kier alpha value is -4.50.